The van der Waals surface area contributed by atoms with Gasteiger partial charge in [-0.15, -0.1) is 11.3 Å². The van der Waals surface area contributed by atoms with Crippen LogP contribution in [0.2, 0.25) is 4.34 Å². The SMILES string of the molecule is Cc1cc(S(=O)(=O)NC2CC(O)C2(C)C)sc1Cl. The molecule has 0 bridgehead atoms. The van der Waals surface area contributed by atoms with Gasteiger partial charge in [0.1, 0.15) is 4.21 Å². The molecule has 0 aromatic carbocycles. The summed E-state index contributed by atoms with van der Waals surface area (Å²) >= 11 is 6.94. The van der Waals surface area contributed by atoms with E-state index in [0.29, 0.717) is 10.8 Å². The molecule has 0 radical (unpaired) electrons. The van der Waals surface area contributed by atoms with E-state index >= 15 is 0 Å². The molecular weight excluding hydrogens is 294 g/mol. The van der Waals surface area contributed by atoms with Gasteiger partial charge in [0.15, 0.2) is 0 Å². The smallest absolute Gasteiger partial charge is 0.250 e. The summed E-state index contributed by atoms with van der Waals surface area (Å²) in [6.07, 6.45) is -0.0107. The minimum Gasteiger partial charge on any atom is -0.392 e. The van der Waals surface area contributed by atoms with Gasteiger partial charge < -0.3 is 5.11 Å². The second-order valence-electron chi connectivity index (χ2n) is 5.27. The lowest BCUT2D eigenvalue weighted by molar-refractivity contribution is -0.0645. The summed E-state index contributed by atoms with van der Waals surface area (Å²) in [5, 5.41) is 9.61. The van der Waals surface area contributed by atoms with Gasteiger partial charge in [-0.3, -0.25) is 0 Å². The number of nitrogens with one attached hydrogen (secondary N) is 1. The van der Waals surface area contributed by atoms with Gasteiger partial charge in [0, 0.05) is 11.5 Å². The standard InChI is InChI=1S/C11H16ClNO3S2/c1-6-4-9(17-10(6)12)18(15,16)13-7-5-8(14)11(7,2)3/h4,7-8,13-14H,5H2,1-3H3. The number of aryl methyl sites for hydroxylation is 1. The van der Waals surface area contributed by atoms with Crippen LogP contribution in [0.1, 0.15) is 25.8 Å². The van der Waals surface area contributed by atoms with Crippen LogP contribution in [0.5, 0.6) is 0 Å². The van der Waals surface area contributed by atoms with Crippen LogP contribution < -0.4 is 4.72 Å². The molecule has 0 aliphatic heterocycles. The Balaban J connectivity index is 2.19. The van der Waals surface area contributed by atoms with E-state index in [-0.39, 0.29) is 10.3 Å². The predicted octanol–water partition coefficient (Wildman–Crippen LogP) is 2.15. The van der Waals surface area contributed by atoms with Crippen LogP contribution >= 0.6 is 22.9 Å². The topological polar surface area (TPSA) is 66.4 Å². The summed E-state index contributed by atoms with van der Waals surface area (Å²) in [6, 6.07) is 1.33. The van der Waals surface area contributed by atoms with Crippen molar-refractivity contribution in [3.63, 3.8) is 0 Å². The lowest BCUT2D eigenvalue weighted by Crippen LogP contribution is -2.60. The third-order valence-electron chi connectivity index (χ3n) is 3.61. The predicted molar refractivity (Wildman–Crippen MR) is 72.6 cm³/mol. The third-order valence-corrected chi connectivity index (χ3v) is 7.11. The molecular formula is C11H16ClNO3S2. The lowest BCUT2D eigenvalue weighted by atomic mass is 9.65. The Morgan fingerprint density at radius 2 is 2.17 bits per heavy atom. The molecule has 0 saturated heterocycles. The lowest BCUT2D eigenvalue weighted by Gasteiger charge is -2.49. The summed E-state index contributed by atoms with van der Waals surface area (Å²) < 4.78 is 27.7. The first kappa shape index (κ1) is 14.3. The van der Waals surface area contributed by atoms with Crippen LogP contribution in [0, 0.1) is 12.3 Å². The van der Waals surface area contributed by atoms with Crippen LogP contribution in [0.15, 0.2) is 10.3 Å². The second-order valence-corrected chi connectivity index (χ2v) is 8.86. The van der Waals surface area contributed by atoms with Gasteiger partial charge in [-0.2, -0.15) is 0 Å². The number of halogens is 1. The van der Waals surface area contributed by atoms with Crippen LogP contribution in [0.3, 0.4) is 0 Å². The van der Waals surface area contributed by atoms with Crippen LogP contribution in [0.4, 0.5) is 0 Å². The van der Waals surface area contributed by atoms with E-state index < -0.39 is 21.5 Å². The molecule has 2 rings (SSSR count). The highest BCUT2D eigenvalue weighted by Crippen LogP contribution is 2.41. The Hall–Kier alpha value is -0.140. The number of rotatable bonds is 3. The Labute approximate surface area is 116 Å². The van der Waals surface area contributed by atoms with E-state index in [2.05, 4.69) is 4.72 Å². The van der Waals surface area contributed by atoms with Crippen molar-refractivity contribution in [3.05, 3.63) is 16.0 Å². The minimum atomic E-state index is -3.54. The van der Waals surface area contributed by atoms with Crippen LogP contribution in [0.25, 0.3) is 0 Å². The Bertz CT molecular complexity index is 545. The van der Waals surface area contributed by atoms with Gasteiger partial charge >= 0.3 is 0 Å². The molecule has 1 aromatic heterocycles. The molecule has 1 fully saturated rings. The molecule has 2 atom stereocenters. The maximum Gasteiger partial charge on any atom is 0.250 e. The zero-order valence-corrected chi connectivity index (χ0v) is 12.8. The zero-order valence-electron chi connectivity index (χ0n) is 10.4. The molecule has 0 spiro atoms. The van der Waals surface area contributed by atoms with Crippen LogP contribution in [-0.2, 0) is 10.0 Å². The highest BCUT2D eigenvalue weighted by molar-refractivity contribution is 7.91. The molecule has 102 valence electrons. The number of sulfonamides is 1. The van der Waals surface area contributed by atoms with Gasteiger partial charge in [0.2, 0.25) is 10.0 Å². The quantitative estimate of drug-likeness (QED) is 0.899. The molecule has 1 aromatic rings. The molecule has 7 heteroatoms. The molecule has 0 amide bonds. The van der Waals surface area contributed by atoms with Crippen molar-refractivity contribution in [1.82, 2.24) is 4.72 Å². The van der Waals surface area contributed by atoms with Crippen molar-refractivity contribution in [3.8, 4) is 0 Å². The molecule has 18 heavy (non-hydrogen) atoms. The van der Waals surface area contributed by atoms with E-state index in [1.54, 1.807) is 13.0 Å². The Kier molecular flexibility index (Phi) is 3.53. The Morgan fingerprint density at radius 1 is 1.56 bits per heavy atom. The molecule has 2 N–H and O–H groups in total. The van der Waals surface area contributed by atoms with Gasteiger partial charge in [-0.25, -0.2) is 13.1 Å². The number of thiophene rings is 1. The summed E-state index contributed by atoms with van der Waals surface area (Å²) in [6.45, 7) is 5.47. The van der Waals surface area contributed by atoms with Gasteiger partial charge in [-0.05, 0) is 25.0 Å². The number of hydrogen-bond acceptors (Lipinski definition) is 4. The Morgan fingerprint density at radius 3 is 2.56 bits per heavy atom. The molecule has 2 unspecified atom stereocenters. The van der Waals surface area contributed by atoms with E-state index in [1.807, 2.05) is 13.8 Å². The first-order valence-corrected chi connectivity index (χ1v) is 8.28. The summed E-state index contributed by atoms with van der Waals surface area (Å²) in [5.41, 5.74) is 0.332. The zero-order chi connectivity index (χ0) is 13.7. The van der Waals surface area contributed by atoms with Crippen molar-refractivity contribution in [2.24, 2.45) is 5.41 Å². The highest BCUT2D eigenvalue weighted by Gasteiger charge is 2.49. The number of hydrogen-bond donors (Lipinski definition) is 2. The summed E-state index contributed by atoms with van der Waals surface area (Å²) in [7, 11) is -3.54. The molecule has 1 saturated carbocycles. The van der Waals surface area contributed by atoms with Gasteiger partial charge in [0.25, 0.3) is 0 Å². The van der Waals surface area contributed by atoms with E-state index in [4.69, 9.17) is 11.6 Å². The van der Waals surface area contributed by atoms with Crippen molar-refractivity contribution >= 4 is 33.0 Å². The average molecular weight is 310 g/mol. The molecule has 1 aliphatic carbocycles. The van der Waals surface area contributed by atoms with Crippen molar-refractivity contribution in [2.45, 2.75) is 43.5 Å². The highest BCUT2D eigenvalue weighted by atomic mass is 35.5. The summed E-state index contributed by atoms with van der Waals surface area (Å²) in [4.78, 5) is 0. The van der Waals surface area contributed by atoms with Gasteiger partial charge in [-0.1, -0.05) is 25.4 Å². The fourth-order valence-corrected chi connectivity index (χ4v) is 5.04. The molecule has 1 aliphatic rings. The van der Waals surface area contributed by atoms with Gasteiger partial charge in [0.05, 0.1) is 10.4 Å². The first-order valence-electron chi connectivity index (χ1n) is 5.61. The van der Waals surface area contributed by atoms with Crippen molar-refractivity contribution < 1.29 is 13.5 Å². The fourth-order valence-electron chi connectivity index (χ4n) is 1.91. The summed E-state index contributed by atoms with van der Waals surface area (Å²) in [5.74, 6) is 0. The number of aliphatic hydroxyl groups is 1. The van der Waals surface area contributed by atoms with Crippen molar-refractivity contribution in [2.75, 3.05) is 0 Å². The van der Waals surface area contributed by atoms with E-state index in [0.717, 1.165) is 16.9 Å². The first-order chi connectivity index (χ1) is 8.14. The van der Waals surface area contributed by atoms with E-state index in [1.165, 1.54) is 0 Å². The number of aliphatic hydroxyl groups excluding tert-OH is 1. The third kappa shape index (κ3) is 2.32. The minimum absolute atomic E-state index is 0.224. The normalized spacial score (nSPS) is 26.9. The largest absolute Gasteiger partial charge is 0.392 e. The van der Waals surface area contributed by atoms with E-state index in [9.17, 15) is 13.5 Å². The van der Waals surface area contributed by atoms with Crippen molar-refractivity contribution in [1.29, 1.82) is 0 Å². The fraction of sp³-hybridized carbons (Fsp3) is 0.636. The monoisotopic (exact) mass is 309 g/mol. The van der Waals surface area contributed by atoms with Crippen LogP contribution in [-0.4, -0.2) is 25.7 Å². The maximum atomic E-state index is 12.2. The second kappa shape index (κ2) is 4.45. The molecule has 4 nitrogen and oxygen atoms in total. The molecule has 1 heterocycles. The maximum absolute atomic E-state index is 12.2. The average Bonchev–Trinajstić information content (AvgIpc) is 2.59.